The quantitative estimate of drug-likeness (QED) is 0.753. The summed E-state index contributed by atoms with van der Waals surface area (Å²) in [6.45, 7) is 4.00. The van der Waals surface area contributed by atoms with Crippen molar-refractivity contribution in [1.29, 1.82) is 0 Å². The molecule has 150 valence electrons. The zero-order valence-corrected chi connectivity index (χ0v) is 15.1. The molecule has 0 aliphatic heterocycles. The van der Waals surface area contributed by atoms with E-state index >= 15 is 0 Å². The van der Waals surface area contributed by atoms with E-state index in [4.69, 9.17) is 15.2 Å². The van der Waals surface area contributed by atoms with Gasteiger partial charge in [-0.1, -0.05) is 27.0 Å². The van der Waals surface area contributed by atoms with Crippen molar-refractivity contribution >= 4 is 11.8 Å². The maximum absolute atomic E-state index is 11.1. The molecule has 0 radical (unpaired) electrons. The lowest BCUT2D eigenvalue weighted by atomic mass is 9.79. The van der Waals surface area contributed by atoms with Crippen molar-refractivity contribution in [2.75, 3.05) is 21.3 Å². The van der Waals surface area contributed by atoms with Gasteiger partial charge in [-0.05, 0) is 52.4 Å². The van der Waals surface area contributed by atoms with Crippen LogP contribution in [-0.2, 0) is 19.1 Å². The second kappa shape index (κ2) is 13.8. The average molecular weight is 361 g/mol. The van der Waals surface area contributed by atoms with Gasteiger partial charge < -0.3 is 20.5 Å². The maximum Gasteiger partial charge on any atom is 0.251 e. The highest BCUT2D eigenvalue weighted by Crippen LogP contribution is 2.35. The second-order valence-electron chi connectivity index (χ2n) is 5.71. The minimum Gasteiger partial charge on any atom is -0.368 e. The molecule has 2 amide bonds. The van der Waals surface area contributed by atoms with Crippen molar-refractivity contribution in [2.45, 2.75) is 78.4 Å². The Morgan fingerprint density at radius 1 is 0.920 bits per heavy atom. The Hall–Kier alpha value is -1.40. The van der Waals surface area contributed by atoms with E-state index < -0.39 is 11.2 Å². The average Bonchev–Trinajstić information content (AvgIpc) is 2.46. The van der Waals surface area contributed by atoms with Crippen LogP contribution in [0.2, 0.25) is 0 Å². The molecule has 2 aliphatic rings. The van der Waals surface area contributed by atoms with Gasteiger partial charge in [-0.15, -0.1) is 0 Å². The van der Waals surface area contributed by atoms with Crippen LogP contribution in [0, 0.1) is 0 Å². The first-order valence-corrected chi connectivity index (χ1v) is 8.07. The van der Waals surface area contributed by atoms with Crippen LogP contribution in [0.1, 0.15) is 67.2 Å². The lowest BCUT2D eigenvalue weighted by Crippen LogP contribution is -2.52. The number of carbonyl (C=O) groups excluding carboxylic acids is 2. The number of ether oxygens (including phenoxy) is 2. The van der Waals surface area contributed by atoms with Crippen molar-refractivity contribution in [3.63, 3.8) is 0 Å². The predicted octanol–water partition coefficient (Wildman–Crippen LogP) is 3.20. The minimum atomic E-state index is -0.597. The van der Waals surface area contributed by atoms with Gasteiger partial charge >= 0.3 is 0 Å². The largest absolute Gasteiger partial charge is 0.368 e. The Morgan fingerprint density at radius 2 is 1.28 bits per heavy atom. The van der Waals surface area contributed by atoms with Gasteiger partial charge in [0.2, 0.25) is 5.91 Å². The molecule has 0 bridgehead atoms. The Kier molecular flexibility index (Phi) is 15.7. The van der Waals surface area contributed by atoms with Crippen molar-refractivity contribution in [3.05, 3.63) is 12.2 Å². The summed E-state index contributed by atoms with van der Waals surface area (Å²) in [7, 11) is 4.76. The highest BCUT2D eigenvalue weighted by atomic mass is 16.5. The summed E-state index contributed by atoms with van der Waals surface area (Å²) in [5, 5.41) is 2.59. The second-order valence-corrected chi connectivity index (χ2v) is 5.71. The first-order valence-electron chi connectivity index (χ1n) is 8.07. The molecule has 2 fully saturated rings. The molecule has 0 unspecified atom stereocenters. The highest BCUT2D eigenvalue weighted by Gasteiger charge is 2.44. The molecule has 2 rings (SSSR count). The predicted molar refractivity (Wildman–Crippen MR) is 104 cm³/mol. The van der Waals surface area contributed by atoms with Gasteiger partial charge in [-0.3, -0.25) is 9.59 Å². The van der Waals surface area contributed by atoms with Gasteiger partial charge in [-0.2, -0.15) is 0 Å². The summed E-state index contributed by atoms with van der Waals surface area (Å²) < 4.78 is 10.1. The molecule has 2 aliphatic carbocycles. The summed E-state index contributed by atoms with van der Waals surface area (Å²) in [5.41, 5.74) is 4.00. The lowest BCUT2D eigenvalue weighted by Gasteiger charge is -2.38. The molecule has 25 heavy (non-hydrogen) atoms. The number of allylic oxidation sites excluding steroid dienone is 2. The Balaban J connectivity index is -0.000000302. The number of methoxy groups -OCH3 is 2. The van der Waals surface area contributed by atoms with Gasteiger partial charge in [0.15, 0.2) is 0 Å². The number of nitrogens with one attached hydrogen (secondary N) is 1. The molecule has 3 N–H and O–H groups in total. The summed E-state index contributed by atoms with van der Waals surface area (Å²) in [4.78, 5) is 21.7. The van der Waals surface area contributed by atoms with Crippen molar-refractivity contribution in [2.24, 2.45) is 5.73 Å². The number of carbonyl (C=O) groups is 2. The van der Waals surface area contributed by atoms with Crippen LogP contribution in [-0.4, -0.2) is 44.3 Å². The molecular formula is C19H40N2O4. The first kappa shape index (κ1) is 28.4. The molecule has 6 heteroatoms. The minimum absolute atomic E-state index is 0. The molecule has 0 atom stereocenters. The smallest absolute Gasteiger partial charge is 0.251 e. The van der Waals surface area contributed by atoms with Crippen LogP contribution >= 0.6 is 0 Å². The van der Waals surface area contributed by atoms with Gasteiger partial charge in [0, 0.05) is 21.3 Å². The fourth-order valence-electron chi connectivity index (χ4n) is 2.30. The summed E-state index contributed by atoms with van der Waals surface area (Å²) >= 11 is 0. The molecule has 2 saturated carbocycles. The van der Waals surface area contributed by atoms with Crippen LogP contribution < -0.4 is 11.1 Å². The number of hydrogen-bond donors (Lipinski definition) is 2. The molecule has 0 spiro atoms. The Morgan fingerprint density at radius 3 is 1.32 bits per heavy atom. The van der Waals surface area contributed by atoms with Crippen molar-refractivity contribution in [1.82, 2.24) is 5.32 Å². The van der Waals surface area contributed by atoms with Crippen LogP contribution in [0.15, 0.2) is 12.2 Å². The van der Waals surface area contributed by atoms with E-state index in [0.29, 0.717) is 0 Å². The van der Waals surface area contributed by atoms with Gasteiger partial charge in [-0.25, -0.2) is 0 Å². The number of rotatable bonds is 4. The number of primary amides is 1. The Bertz CT molecular complexity index is 385. The Labute approximate surface area is 154 Å². The number of hydrogen-bond acceptors (Lipinski definition) is 4. The summed E-state index contributed by atoms with van der Waals surface area (Å²) in [5.74, 6) is -0.308. The van der Waals surface area contributed by atoms with Gasteiger partial charge in [0.1, 0.15) is 11.2 Å². The number of nitrogens with two attached hydrogens (primary N) is 1. The molecule has 0 aromatic rings. The summed E-state index contributed by atoms with van der Waals surface area (Å²) in [6.07, 6.45) is 9.46. The summed E-state index contributed by atoms with van der Waals surface area (Å²) in [6, 6.07) is 0. The van der Waals surface area contributed by atoms with E-state index in [9.17, 15) is 9.59 Å². The van der Waals surface area contributed by atoms with E-state index in [0.717, 1.165) is 38.5 Å². The van der Waals surface area contributed by atoms with Gasteiger partial charge in [0.25, 0.3) is 5.91 Å². The molecule has 0 heterocycles. The van der Waals surface area contributed by atoms with Crippen LogP contribution in [0.4, 0.5) is 0 Å². The molecule has 6 nitrogen and oxygen atoms in total. The van der Waals surface area contributed by atoms with E-state index in [-0.39, 0.29) is 26.7 Å². The maximum atomic E-state index is 11.1. The van der Waals surface area contributed by atoms with Crippen LogP contribution in [0.25, 0.3) is 0 Å². The number of amides is 2. The lowest BCUT2D eigenvalue weighted by molar-refractivity contribution is -0.153. The van der Waals surface area contributed by atoms with Crippen molar-refractivity contribution < 1.29 is 19.1 Å². The SMILES string of the molecule is C.C.CC=CC.CNC(=O)C1(OC)CCC1.COC1(C(N)=O)CCC1. The molecular weight excluding hydrogens is 320 g/mol. The van der Waals surface area contributed by atoms with E-state index in [1.807, 2.05) is 26.0 Å². The first-order chi connectivity index (χ1) is 10.9. The monoisotopic (exact) mass is 360 g/mol. The zero-order valence-electron chi connectivity index (χ0n) is 15.1. The molecule has 0 aromatic heterocycles. The third-order valence-electron chi connectivity index (χ3n) is 4.53. The van der Waals surface area contributed by atoms with E-state index in [1.165, 1.54) is 7.11 Å². The third kappa shape index (κ3) is 7.57. The normalized spacial score (nSPS) is 18.3. The highest BCUT2D eigenvalue weighted by molar-refractivity contribution is 5.85. The fraction of sp³-hybridized carbons (Fsp3) is 0.789. The standard InChI is InChI=1S/C7H13NO2.C6H11NO2.C4H8.2CH4/c1-8-6(9)7(10-2)4-3-5-7;1-9-6(5(7)8)3-2-4-6;1-3-4-2;;/h3-5H2,1-2H3,(H,8,9);2-4H2,1H3,(H2,7,8);3-4H,1-2H3;2*1H4. The van der Waals surface area contributed by atoms with E-state index in [2.05, 4.69) is 5.32 Å². The third-order valence-corrected chi connectivity index (χ3v) is 4.53. The van der Waals surface area contributed by atoms with Gasteiger partial charge in [0.05, 0.1) is 0 Å². The fourth-order valence-corrected chi connectivity index (χ4v) is 2.30. The van der Waals surface area contributed by atoms with Crippen molar-refractivity contribution in [3.8, 4) is 0 Å². The molecule has 0 saturated heterocycles. The number of likely N-dealkylation sites (N-methyl/N-ethyl adjacent to an activating group) is 1. The topological polar surface area (TPSA) is 90.7 Å². The van der Waals surface area contributed by atoms with Crippen LogP contribution in [0.3, 0.4) is 0 Å². The molecule has 0 aromatic carbocycles. The van der Waals surface area contributed by atoms with Crippen LogP contribution in [0.5, 0.6) is 0 Å². The zero-order chi connectivity index (χ0) is 17.9. The van der Waals surface area contributed by atoms with E-state index in [1.54, 1.807) is 14.2 Å².